The number of carbonyl (C=O) groups is 2. The van der Waals surface area contributed by atoms with Crippen LogP contribution in [0.25, 0.3) is 0 Å². The molecule has 0 saturated carbocycles. The summed E-state index contributed by atoms with van der Waals surface area (Å²) in [5.74, 6) is -1.12. The van der Waals surface area contributed by atoms with Crippen molar-refractivity contribution in [2.45, 2.75) is 13.3 Å². The lowest BCUT2D eigenvalue weighted by molar-refractivity contribution is -0.137. The van der Waals surface area contributed by atoms with Crippen LogP contribution in [0.15, 0.2) is 6.20 Å². The van der Waals surface area contributed by atoms with Gasteiger partial charge in [-0.25, -0.2) is 0 Å². The van der Waals surface area contributed by atoms with Crippen molar-refractivity contribution in [2.75, 3.05) is 13.6 Å². The molecule has 0 radical (unpaired) electrons. The van der Waals surface area contributed by atoms with E-state index in [0.29, 0.717) is 11.3 Å². The molecular formula is C10H15N3O3. The van der Waals surface area contributed by atoms with Crippen molar-refractivity contribution in [3.63, 3.8) is 0 Å². The number of nitrogens with zero attached hydrogens (tertiary/aromatic N) is 3. The number of aryl methyl sites for hydroxylation is 2. The Kier molecular flexibility index (Phi) is 3.65. The molecule has 1 heterocycles. The van der Waals surface area contributed by atoms with E-state index in [-0.39, 0.29) is 18.9 Å². The molecule has 0 unspecified atom stereocenters. The molecule has 0 aromatic carbocycles. The average Bonchev–Trinajstić information content (AvgIpc) is 2.53. The molecule has 1 amide bonds. The minimum Gasteiger partial charge on any atom is -0.481 e. The van der Waals surface area contributed by atoms with Crippen molar-refractivity contribution in [2.24, 2.45) is 7.05 Å². The lowest BCUT2D eigenvalue weighted by Crippen LogP contribution is -2.29. The standard InChI is InChI=1S/C10H15N3O3/c1-7-8(6-13(3)11-7)10(16)12(2)5-4-9(14)15/h6H,4-5H2,1-3H3,(H,14,15). The highest BCUT2D eigenvalue weighted by Gasteiger charge is 2.17. The van der Waals surface area contributed by atoms with Crippen LogP contribution >= 0.6 is 0 Å². The average molecular weight is 225 g/mol. The highest BCUT2D eigenvalue weighted by Crippen LogP contribution is 2.08. The van der Waals surface area contributed by atoms with Crippen molar-refractivity contribution < 1.29 is 14.7 Å². The smallest absolute Gasteiger partial charge is 0.305 e. The van der Waals surface area contributed by atoms with Gasteiger partial charge in [0.15, 0.2) is 0 Å². The third-order valence-electron chi connectivity index (χ3n) is 2.25. The Bertz CT molecular complexity index is 411. The molecule has 0 aliphatic carbocycles. The van der Waals surface area contributed by atoms with E-state index in [4.69, 9.17) is 5.11 Å². The van der Waals surface area contributed by atoms with Gasteiger partial charge in [-0.05, 0) is 6.92 Å². The van der Waals surface area contributed by atoms with Crippen molar-refractivity contribution >= 4 is 11.9 Å². The normalized spacial score (nSPS) is 10.2. The molecular weight excluding hydrogens is 210 g/mol. The van der Waals surface area contributed by atoms with E-state index in [1.165, 1.54) is 4.90 Å². The van der Waals surface area contributed by atoms with E-state index in [2.05, 4.69) is 5.10 Å². The summed E-state index contributed by atoms with van der Waals surface area (Å²) in [4.78, 5) is 23.6. The van der Waals surface area contributed by atoms with Gasteiger partial charge in [0.2, 0.25) is 0 Å². The maximum absolute atomic E-state index is 11.9. The molecule has 0 fully saturated rings. The zero-order chi connectivity index (χ0) is 12.3. The Morgan fingerprint density at radius 1 is 1.56 bits per heavy atom. The van der Waals surface area contributed by atoms with Crippen LogP contribution in [0.1, 0.15) is 22.5 Å². The van der Waals surface area contributed by atoms with E-state index < -0.39 is 5.97 Å². The highest BCUT2D eigenvalue weighted by atomic mass is 16.4. The van der Waals surface area contributed by atoms with Crippen molar-refractivity contribution in [1.82, 2.24) is 14.7 Å². The zero-order valence-corrected chi connectivity index (χ0v) is 9.60. The molecule has 1 rings (SSSR count). The number of carboxylic acid groups (broad SMARTS) is 1. The number of carbonyl (C=O) groups excluding carboxylic acids is 1. The summed E-state index contributed by atoms with van der Waals surface area (Å²) in [6.07, 6.45) is 1.58. The first kappa shape index (κ1) is 12.2. The highest BCUT2D eigenvalue weighted by molar-refractivity contribution is 5.95. The van der Waals surface area contributed by atoms with E-state index in [1.54, 1.807) is 31.9 Å². The van der Waals surface area contributed by atoms with Gasteiger partial charge in [0.25, 0.3) is 5.91 Å². The molecule has 0 atom stereocenters. The van der Waals surface area contributed by atoms with Crippen LogP contribution in [0.5, 0.6) is 0 Å². The number of aromatic nitrogens is 2. The van der Waals surface area contributed by atoms with Gasteiger partial charge in [0.1, 0.15) is 0 Å². The van der Waals surface area contributed by atoms with Gasteiger partial charge in [0.05, 0.1) is 17.7 Å². The van der Waals surface area contributed by atoms with Crippen LogP contribution in [-0.4, -0.2) is 45.3 Å². The predicted octanol–water partition coefficient (Wildman–Crippen LogP) is 0.275. The maximum atomic E-state index is 11.9. The fraction of sp³-hybridized carbons (Fsp3) is 0.500. The number of aliphatic carboxylic acids is 1. The van der Waals surface area contributed by atoms with Gasteiger partial charge in [-0.1, -0.05) is 0 Å². The van der Waals surface area contributed by atoms with E-state index in [1.807, 2.05) is 0 Å². The Labute approximate surface area is 93.5 Å². The summed E-state index contributed by atoms with van der Waals surface area (Å²) in [7, 11) is 3.32. The maximum Gasteiger partial charge on any atom is 0.305 e. The monoisotopic (exact) mass is 225 g/mol. The minimum atomic E-state index is -0.914. The lowest BCUT2D eigenvalue weighted by Gasteiger charge is -2.15. The second-order valence-electron chi connectivity index (χ2n) is 3.67. The molecule has 6 nitrogen and oxygen atoms in total. The number of carboxylic acids is 1. The topological polar surface area (TPSA) is 75.4 Å². The molecule has 16 heavy (non-hydrogen) atoms. The largest absolute Gasteiger partial charge is 0.481 e. The molecule has 88 valence electrons. The molecule has 1 aromatic rings. The molecule has 0 aliphatic heterocycles. The third-order valence-corrected chi connectivity index (χ3v) is 2.25. The van der Waals surface area contributed by atoms with Crippen LogP contribution < -0.4 is 0 Å². The van der Waals surface area contributed by atoms with Crippen LogP contribution in [0, 0.1) is 6.92 Å². The first-order chi connectivity index (χ1) is 7.41. The fourth-order valence-electron chi connectivity index (χ4n) is 1.38. The Morgan fingerprint density at radius 2 is 2.19 bits per heavy atom. The summed E-state index contributed by atoms with van der Waals surface area (Å²) in [5.41, 5.74) is 1.16. The zero-order valence-electron chi connectivity index (χ0n) is 9.60. The predicted molar refractivity (Wildman–Crippen MR) is 57.2 cm³/mol. The Hall–Kier alpha value is -1.85. The summed E-state index contributed by atoms with van der Waals surface area (Å²) in [6, 6.07) is 0. The molecule has 0 aliphatic rings. The minimum absolute atomic E-state index is 0.0540. The second-order valence-corrected chi connectivity index (χ2v) is 3.67. The number of rotatable bonds is 4. The first-order valence-corrected chi connectivity index (χ1v) is 4.89. The van der Waals surface area contributed by atoms with Crippen molar-refractivity contribution in [3.05, 3.63) is 17.5 Å². The second kappa shape index (κ2) is 4.78. The van der Waals surface area contributed by atoms with Crippen LogP contribution in [0.2, 0.25) is 0 Å². The Balaban J connectivity index is 2.70. The van der Waals surface area contributed by atoms with Gasteiger partial charge in [-0.2, -0.15) is 5.10 Å². The SMILES string of the molecule is Cc1nn(C)cc1C(=O)N(C)CCC(=O)O. The van der Waals surface area contributed by atoms with Gasteiger partial charge in [-0.15, -0.1) is 0 Å². The number of hydrogen-bond donors (Lipinski definition) is 1. The molecule has 1 aromatic heterocycles. The van der Waals surface area contributed by atoms with Crippen molar-refractivity contribution in [3.8, 4) is 0 Å². The van der Waals surface area contributed by atoms with Crippen LogP contribution in [0.3, 0.4) is 0 Å². The first-order valence-electron chi connectivity index (χ1n) is 4.89. The summed E-state index contributed by atoms with van der Waals surface area (Å²) < 4.78 is 1.56. The lowest BCUT2D eigenvalue weighted by atomic mass is 10.2. The quantitative estimate of drug-likeness (QED) is 0.798. The third kappa shape index (κ3) is 2.82. The van der Waals surface area contributed by atoms with Crippen LogP contribution in [0.4, 0.5) is 0 Å². The summed E-state index contributed by atoms with van der Waals surface area (Å²) in [6.45, 7) is 1.95. The summed E-state index contributed by atoms with van der Waals surface area (Å²) in [5, 5.41) is 12.6. The fourth-order valence-corrected chi connectivity index (χ4v) is 1.38. The van der Waals surface area contributed by atoms with Crippen molar-refractivity contribution in [1.29, 1.82) is 0 Å². The molecule has 0 saturated heterocycles. The molecule has 0 spiro atoms. The summed E-state index contributed by atoms with van der Waals surface area (Å²) >= 11 is 0. The molecule has 0 bridgehead atoms. The van der Waals surface area contributed by atoms with Gasteiger partial charge in [0, 0.05) is 26.8 Å². The Morgan fingerprint density at radius 3 is 2.62 bits per heavy atom. The number of hydrogen-bond acceptors (Lipinski definition) is 3. The van der Waals surface area contributed by atoms with Crippen LogP contribution in [-0.2, 0) is 11.8 Å². The molecule has 1 N–H and O–H groups in total. The van der Waals surface area contributed by atoms with E-state index >= 15 is 0 Å². The van der Waals surface area contributed by atoms with Gasteiger partial charge < -0.3 is 10.0 Å². The van der Waals surface area contributed by atoms with E-state index in [0.717, 1.165) is 0 Å². The molecule has 6 heteroatoms. The number of amides is 1. The van der Waals surface area contributed by atoms with Gasteiger partial charge in [-0.3, -0.25) is 14.3 Å². The van der Waals surface area contributed by atoms with E-state index in [9.17, 15) is 9.59 Å². The van der Waals surface area contributed by atoms with Gasteiger partial charge >= 0.3 is 5.97 Å².